The van der Waals surface area contributed by atoms with Crippen LogP contribution < -0.4 is 0 Å². The third-order valence-corrected chi connectivity index (χ3v) is 2.88. The van der Waals surface area contributed by atoms with Gasteiger partial charge in [0.1, 0.15) is 0 Å². The lowest BCUT2D eigenvalue weighted by atomic mass is 9.98. The van der Waals surface area contributed by atoms with E-state index in [4.69, 9.17) is 0 Å². The number of alkyl halides is 7. The zero-order valence-electron chi connectivity index (χ0n) is 8.51. The first-order valence-corrected chi connectivity index (χ1v) is 5.53. The first-order chi connectivity index (χ1) is 7.57. The quantitative estimate of drug-likeness (QED) is 0.508. The van der Waals surface area contributed by atoms with Crippen molar-refractivity contribution >= 4 is 15.9 Å². The van der Waals surface area contributed by atoms with E-state index in [2.05, 4.69) is 15.9 Å². The van der Waals surface area contributed by atoms with Gasteiger partial charge in [0.2, 0.25) is 0 Å². The Kier molecular flexibility index (Phi) is 3.81. The van der Waals surface area contributed by atoms with Crippen LogP contribution in [0.5, 0.6) is 0 Å². The zero-order valence-corrected chi connectivity index (χ0v) is 10.1. The van der Waals surface area contributed by atoms with Crippen LogP contribution in [0.1, 0.15) is 22.3 Å². The van der Waals surface area contributed by atoms with E-state index in [9.17, 15) is 26.3 Å². The van der Waals surface area contributed by atoms with Gasteiger partial charge in [-0.25, -0.2) is 0 Å². The van der Waals surface area contributed by atoms with Crippen LogP contribution in [-0.4, -0.2) is 0 Å². The Morgan fingerprint density at radius 1 is 0.941 bits per heavy atom. The molecule has 0 unspecified atom stereocenters. The average molecular weight is 321 g/mol. The molecule has 0 saturated carbocycles. The van der Waals surface area contributed by atoms with Crippen LogP contribution in [0.3, 0.4) is 0 Å². The minimum Gasteiger partial charge on any atom is -0.166 e. The third kappa shape index (κ3) is 3.14. The van der Waals surface area contributed by atoms with Crippen LogP contribution in [0.25, 0.3) is 0 Å². The summed E-state index contributed by atoms with van der Waals surface area (Å²) in [6.45, 7) is 0.823. The Hall–Kier alpha value is -0.720. The molecular formula is C10H7BrF6. The maximum absolute atomic E-state index is 12.6. The Bertz CT molecular complexity index is 383. The van der Waals surface area contributed by atoms with E-state index in [1.165, 1.54) is 0 Å². The van der Waals surface area contributed by atoms with E-state index in [-0.39, 0.29) is 10.9 Å². The minimum atomic E-state index is -4.79. The van der Waals surface area contributed by atoms with Gasteiger partial charge in [-0.05, 0) is 30.2 Å². The monoisotopic (exact) mass is 320 g/mol. The Morgan fingerprint density at radius 2 is 1.29 bits per heavy atom. The molecule has 0 saturated heterocycles. The predicted octanol–water partition coefficient (Wildman–Crippen LogP) is 4.93. The van der Waals surface area contributed by atoms with Crippen molar-refractivity contribution in [1.29, 1.82) is 0 Å². The molecule has 1 aromatic carbocycles. The molecule has 0 aliphatic heterocycles. The maximum Gasteiger partial charge on any atom is 0.416 e. The van der Waals surface area contributed by atoms with Crippen molar-refractivity contribution in [2.45, 2.75) is 24.6 Å². The molecule has 0 aliphatic rings. The van der Waals surface area contributed by atoms with Crippen LogP contribution in [-0.2, 0) is 17.7 Å². The summed E-state index contributed by atoms with van der Waals surface area (Å²) in [6, 6.07) is 1.44. The molecule has 1 rings (SSSR count). The summed E-state index contributed by atoms with van der Waals surface area (Å²) < 4.78 is 75.3. The smallest absolute Gasteiger partial charge is 0.166 e. The summed E-state index contributed by atoms with van der Waals surface area (Å²) in [5, 5.41) is -0.0700. The lowest BCUT2D eigenvalue weighted by Crippen LogP contribution is -2.15. The topological polar surface area (TPSA) is 0 Å². The summed E-state index contributed by atoms with van der Waals surface area (Å²) in [5.41, 5.74) is -3.35. The van der Waals surface area contributed by atoms with Crippen LogP contribution >= 0.6 is 15.9 Å². The molecule has 0 amide bonds. The fraction of sp³-hybridized carbons (Fsp3) is 0.400. The molecule has 0 atom stereocenters. The number of benzene rings is 1. The fourth-order valence-electron chi connectivity index (χ4n) is 1.44. The number of hydrogen-bond acceptors (Lipinski definition) is 0. The molecule has 0 N–H and O–H groups in total. The highest BCUT2D eigenvalue weighted by atomic mass is 79.9. The van der Waals surface area contributed by atoms with Gasteiger partial charge in [0.05, 0.1) is 11.1 Å². The van der Waals surface area contributed by atoms with Crippen molar-refractivity contribution < 1.29 is 26.3 Å². The molecule has 0 radical (unpaired) electrons. The summed E-state index contributed by atoms with van der Waals surface area (Å²) >= 11 is 2.85. The number of hydrogen-bond donors (Lipinski definition) is 0. The summed E-state index contributed by atoms with van der Waals surface area (Å²) in [7, 11) is 0. The zero-order chi connectivity index (χ0) is 13.4. The van der Waals surface area contributed by atoms with Gasteiger partial charge >= 0.3 is 12.4 Å². The normalized spacial score (nSPS) is 12.9. The third-order valence-electron chi connectivity index (χ3n) is 2.23. The summed E-state index contributed by atoms with van der Waals surface area (Å²) in [5.74, 6) is 0. The van der Waals surface area contributed by atoms with Gasteiger partial charge in [-0.1, -0.05) is 15.9 Å². The number of rotatable bonds is 1. The molecule has 0 spiro atoms. The lowest BCUT2D eigenvalue weighted by Gasteiger charge is -2.17. The minimum absolute atomic E-state index is 0.0600. The second-order valence-corrected chi connectivity index (χ2v) is 4.01. The first kappa shape index (κ1) is 14.3. The lowest BCUT2D eigenvalue weighted by molar-refractivity contribution is -0.144. The van der Waals surface area contributed by atoms with E-state index in [1.807, 2.05) is 0 Å². The maximum atomic E-state index is 12.6. The molecule has 0 nitrogen and oxygen atoms in total. The standard InChI is InChI=1S/C10H7BrF6/c1-5-7(9(12,13)14)2-6(4-11)3-8(5)10(15,16)17/h2-3H,4H2,1H3. The predicted molar refractivity (Wildman–Crippen MR) is 53.8 cm³/mol. The van der Waals surface area contributed by atoms with E-state index in [0.717, 1.165) is 19.1 Å². The molecule has 1 aromatic rings. The highest BCUT2D eigenvalue weighted by Crippen LogP contribution is 2.40. The van der Waals surface area contributed by atoms with Crippen molar-refractivity contribution in [1.82, 2.24) is 0 Å². The molecule has 17 heavy (non-hydrogen) atoms. The van der Waals surface area contributed by atoms with Crippen molar-refractivity contribution in [2.75, 3.05) is 0 Å². The molecule has 0 aromatic heterocycles. The van der Waals surface area contributed by atoms with Crippen molar-refractivity contribution in [3.05, 3.63) is 34.4 Å². The Balaban J connectivity index is 3.53. The van der Waals surface area contributed by atoms with E-state index in [0.29, 0.717) is 0 Å². The first-order valence-electron chi connectivity index (χ1n) is 4.41. The van der Waals surface area contributed by atoms with E-state index < -0.39 is 29.0 Å². The van der Waals surface area contributed by atoms with Crippen LogP contribution in [0.4, 0.5) is 26.3 Å². The Morgan fingerprint density at radius 3 is 1.53 bits per heavy atom. The largest absolute Gasteiger partial charge is 0.416 e. The summed E-state index contributed by atoms with van der Waals surface area (Å²) in [6.07, 6.45) is -9.58. The molecule has 7 heteroatoms. The summed E-state index contributed by atoms with van der Waals surface area (Å²) in [4.78, 5) is 0. The average Bonchev–Trinajstić information content (AvgIpc) is 2.14. The van der Waals surface area contributed by atoms with E-state index in [1.54, 1.807) is 0 Å². The molecule has 0 fully saturated rings. The van der Waals surface area contributed by atoms with Crippen LogP contribution in [0.15, 0.2) is 12.1 Å². The van der Waals surface area contributed by atoms with Crippen molar-refractivity contribution in [2.24, 2.45) is 0 Å². The second-order valence-electron chi connectivity index (χ2n) is 3.45. The molecule has 96 valence electrons. The van der Waals surface area contributed by atoms with Crippen LogP contribution in [0, 0.1) is 6.92 Å². The molecule has 0 bridgehead atoms. The van der Waals surface area contributed by atoms with Crippen LogP contribution in [0.2, 0.25) is 0 Å². The molecule has 0 aliphatic carbocycles. The molecule has 0 heterocycles. The van der Waals surface area contributed by atoms with E-state index >= 15 is 0 Å². The van der Waals surface area contributed by atoms with Gasteiger partial charge in [-0.2, -0.15) is 26.3 Å². The van der Waals surface area contributed by atoms with Crippen molar-refractivity contribution in [3.8, 4) is 0 Å². The van der Waals surface area contributed by atoms with Gasteiger partial charge in [-0.15, -0.1) is 0 Å². The fourth-order valence-corrected chi connectivity index (χ4v) is 1.76. The van der Waals surface area contributed by atoms with Gasteiger partial charge in [0.15, 0.2) is 0 Å². The molecular weight excluding hydrogens is 314 g/mol. The van der Waals surface area contributed by atoms with Crippen molar-refractivity contribution in [3.63, 3.8) is 0 Å². The number of halogens is 7. The SMILES string of the molecule is Cc1c(C(F)(F)F)cc(CBr)cc1C(F)(F)F. The van der Waals surface area contributed by atoms with Gasteiger partial charge in [-0.3, -0.25) is 0 Å². The Labute approximate surface area is 102 Å². The highest BCUT2D eigenvalue weighted by Gasteiger charge is 2.39. The van der Waals surface area contributed by atoms with Gasteiger partial charge < -0.3 is 0 Å². The second kappa shape index (κ2) is 4.51. The van der Waals surface area contributed by atoms with Gasteiger partial charge in [0, 0.05) is 5.33 Å². The highest BCUT2D eigenvalue weighted by molar-refractivity contribution is 9.08. The van der Waals surface area contributed by atoms with Gasteiger partial charge in [0.25, 0.3) is 0 Å².